The number of carbonyl (C=O) groups excluding carboxylic acids is 4. The Bertz CT molecular complexity index is 2590. The average Bonchev–Trinajstić information content (AvgIpc) is 3.13. The fourth-order valence-corrected chi connectivity index (χ4v) is 8.36. The molecule has 8 rings (SSSR count). The third kappa shape index (κ3) is 5.61. The number of Topliss-reactive ketones (excluding diaryl/α,β-unsaturated/α-hetero) is 4. The molecule has 0 atom stereocenters. The first-order chi connectivity index (χ1) is 25.7. The Morgan fingerprint density at radius 3 is 0.611 bits per heavy atom. The summed E-state index contributed by atoms with van der Waals surface area (Å²) in [5, 5.41) is 10.3. The Labute approximate surface area is 314 Å². The summed E-state index contributed by atoms with van der Waals surface area (Å²) in [6.07, 6.45) is 15.8. The minimum absolute atomic E-state index is 0.0503. The highest BCUT2D eigenvalue weighted by molar-refractivity contribution is 6.16. The Balaban J connectivity index is 1.59. The van der Waals surface area contributed by atoms with Gasteiger partial charge < -0.3 is 0 Å². The molecule has 0 saturated carbocycles. The number of allylic oxidation sites excluding steroid dienone is 16. The molecule has 4 aliphatic rings. The molecule has 0 spiro atoms. The van der Waals surface area contributed by atoms with E-state index < -0.39 is 0 Å². The van der Waals surface area contributed by atoms with E-state index in [1.807, 2.05) is 104 Å². The fourth-order valence-electron chi connectivity index (χ4n) is 8.36. The first-order valence-corrected chi connectivity index (χ1v) is 18.3. The first-order valence-electron chi connectivity index (χ1n) is 18.3. The molecule has 0 unspecified atom stereocenters. The first kappa shape index (κ1) is 34.8. The van der Waals surface area contributed by atoms with Crippen molar-refractivity contribution in [3.63, 3.8) is 0 Å². The van der Waals surface area contributed by atoms with Crippen molar-refractivity contribution in [2.75, 3.05) is 0 Å². The summed E-state index contributed by atoms with van der Waals surface area (Å²) in [4.78, 5) is 51.1. The zero-order chi connectivity index (χ0) is 38.3. The van der Waals surface area contributed by atoms with Gasteiger partial charge in [0, 0.05) is 0 Å². The van der Waals surface area contributed by atoms with Crippen molar-refractivity contribution in [3.05, 3.63) is 163 Å². The Hall–Kier alpha value is -6.26. The molecule has 0 saturated heterocycles. The van der Waals surface area contributed by atoms with Gasteiger partial charge in [0.05, 0.1) is 0 Å². The number of ketones is 4. The third-order valence-electron chi connectivity index (χ3n) is 11.2. The van der Waals surface area contributed by atoms with Crippen LogP contribution in [0, 0.1) is 0 Å². The zero-order valence-corrected chi connectivity index (χ0v) is 31.9. The fraction of sp³-hybridized carbons (Fsp3) is 0.160. The van der Waals surface area contributed by atoms with Crippen LogP contribution in [0.2, 0.25) is 0 Å². The van der Waals surface area contributed by atoms with E-state index in [0.717, 1.165) is 75.5 Å². The SMILES string of the molecule is CC1=CC(=c2ccc(=C3C=C(C)C(=O)C(C)=C3)c3cc4cc5c(=C6C=C(C)C(=O)C(C)=C6)ccc(=C6C=C(C)C(=O)C(C)=C6)c5cc4cc23)C=C(C)C1=O. The molecular weight excluding hydrogens is 665 g/mol. The Morgan fingerprint density at radius 2 is 0.444 bits per heavy atom. The highest BCUT2D eigenvalue weighted by atomic mass is 16.1. The van der Waals surface area contributed by atoms with Crippen molar-refractivity contribution in [3.8, 4) is 0 Å². The Kier molecular flexibility index (Phi) is 8.19. The molecule has 4 nitrogen and oxygen atoms in total. The van der Waals surface area contributed by atoms with E-state index in [0.29, 0.717) is 44.6 Å². The van der Waals surface area contributed by atoms with Gasteiger partial charge in [0.15, 0.2) is 23.1 Å². The average molecular weight is 705 g/mol. The summed E-state index contributed by atoms with van der Waals surface area (Å²) >= 11 is 0. The summed E-state index contributed by atoms with van der Waals surface area (Å²) < 4.78 is 0. The van der Waals surface area contributed by atoms with Crippen molar-refractivity contribution in [2.24, 2.45) is 0 Å². The van der Waals surface area contributed by atoms with Gasteiger partial charge in [0.25, 0.3) is 0 Å². The quantitative estimate of drug-likeness (QED) is 0.177. The lowest BCUT2D eigenvalue weighted by molar-refractivity contribution is -0.113. The lowest BCUT2D eigenvalue weighted by atomic mass is 9.88. The topological polar surface area (TPSA) is 68.3 Å². The number of carbonyl (C=O) groups is 4. The van der Waals surface area contributed by atoms with E-state index in [1.165, 1.54) is 0 Å². The summed E-state index contributed by atoms with van der Waals surface area (Å²) in [6.45, 7) is 14.9. The van der Waals surface area contributed by atoms with Crippen molar-refractivity contribution in [1.82, 2.24) is 0 Å². The molecule has 4 aliphatic carbocycles. The second-order valence-corrected chi connectivity index (χ2v) is 15.2. The summed E-state index contributed by atoms with van der Waals surface area (Å²) in [7, 11) is 0. The molecule has 54 heavy (non-hydrogen) atoms. The second kappa shape index (κ2) is 12.7. The molecule has 0 radical (unpaired) electrons. The minimum atomic E-state index is 0.0503. The van der Waals surface area contributed by atoms with Crippen molar-refractivity contribution in [1.29, 1.82) is 0 Å². The number of hydrogen-bond donors (Lipinski definition) is 0. The maximum Gasteiger partial charge on any atom is 0.184 e. The lowest BCUT2D eigenvalue weighted by Gasteiger charge is -2.15. The molecule has 0 aliphatic heterocycles. The van der Waals surface area contributed by atoms with Crippen LogP contribution in [-0.4, -0.2) is 23.1 Å². The van der Waals surface area contributed by atoms with Gasteiger partial charge in [0.1, 0.15) is 0 Å². The van der Waals surface area contributed by atoms with Gasteiger partial charge in [0.2, 0.25) is 0 Å². The van der Waals surface area contributed by atoms with Crippen LogP contribution in [0.1, 0.15) is 55.4 Å². The van der Waals surface area contributed by atoms with Crippen LogP contribution in [-0.2, 0) is 19.2 Å². The molecule has 4 aromatic carbocycles. The van der Waals surface area contributed by atoms with Gasteiger partial charge in [-0.15, -0.1) is 0 Å². The molecule has 0 N–H and O–H groups in total. The van der Waals surface area contributed by atoms with Crippen LogP contribution in [0.25, 0.3) is 54.6 Å². The highest BCUT2D eigenvalue weighted by Gasteiger charge is 2.19. The van der Waals surface area contributed by atoms with E-state index in [1.54, 1.807) is 0 Å². The normalized spacial score (nSPS) is 18.1. The predicted molar refractivity (Wildman–Crippen MR) is 221 cm³/mol. The summed E-state index contributed by atoms with van der Waals surface area (Å²) in [6, 6.07) is 17.5. The maximum atomic E-state index is 12.8. The van der Waals surface area contributed by atoms with E-state index in [-0.39, 0.29) is 23.1 Å². The molecule has 4 aromatic rings. The predicted octanol–water partition coefficient (Wildman–Crippen LogP) is 7.65. The van der Waals surface area contributed by atoms with E-state index in [2.05, 4.69) is 48.5 Å². The molecule has 0 aromatic heterocycles. The molecule has 0 fully saturated rings. The van der Waals surface area contributed by atoms with Crippen molar-refractivity contribution >= 4 is 77.7 Å². The summed E-state index contributed by atoms with van der Waals surface area (Å²) in [5.74, 6) is 0.201. The van der Waals surface area contributed by atoms with Crippen molar-refractivity contribution in [2.45, 2.75) is 55.4 Å². The van der Waals surface area contributed by atoms with Gasteiger partial charge in [-0.25, -0.2) is 0 Å². The van der Waals surface area contributed by atoms with Gasteiger partial charge in [-0.1, -0.05) is 24.3 Å². The molecule has 0 bridgehead atoms. The molecule has 4 heteroatoms. The lowest BCUT2D eigenvalue weighted by Crippen LogP contribution is -2.19. The monoisotopic (exact) mass is 704 g/mol. The minimum Gasteiger partial charge on any atom is -0.289 e. The van der Waals surface area contributed by atoms with E-state index >= 15 is 0 Å². The van der Waals surface area contributed by atoms with E-state index in [4.69, 9.17) is 0 Å². The van der Waals surface area contributed by atoms with Crippen LogP contribution in [0.4, 0.5) is 0 Å². The zero-order valence-electron chi connectivity index (χ0n) is 31.9. The van der Waals surface area contributed by atoms with Crippen molar-refractivity contribution < 1.29 is 19.2 Å². The van der Waals surface area contributed by atoms with Crippen LogP contribution >= 0.6 is 0 Å². The van der Waals surface area contributed by atoms with Crippen LogP contribution < -0.4 is 20.9 Å². The number of rotatable bonds is 0. The van der Waals surface area contributed by atoms with Crippen LogP contribution in [0.15, 0.2) is 142 Å². The molecule has 264 valence electrons. The maximum absolute atomic E-state index is 12.8. The second-order valence-electron chi connectivity index (χ2n) is 15.2. The van der Waals surface area contributed by atoms with Crippen LogP contribution in [0.5, 0.6) is 0 Å². The van der Waals surface area contributed by atoms with Gasteiger partial charge in [-0.2, -0.15) is 0 Å². The Morgan fingerprint density at radius 1 is 0.278 bits per heavy atom. The van der Waals surface area contributed by atoms with Crippen LogP contribution in [0.3, 0.4) is 0 Å². The highest BCUT2D eigenvalue weighted by Crippen LogP contribution is 2.28. The standard InChI is InChI=1S/C50H40O4/c1-25-13-35(14-26(2)47(25)51)39-9-10-40(36-15-27(3)48(52)28(4)16-36)44-22-34-24-46-42(38-19-31(7)50(54)32(8)20-38)12-11-41(45(46)23-33(34)21-43(39)44)37-17-29(5)49(53)30(6)18-37/h9-24H,1-8H3. The van der Waals surface area contributed by atoms with E-state index in [9.17, 15) is 19.2 Å². The third-order valence-corrected chi connectivity index (χ3v) is 11.2. The number of benzene rings is 4. The van der Waals surface area contributed by atoms with Gasteiger partial charge >= 0.3 is 0 Å². The van der Waals surface area contributed by atoms with Gasteiger partial charge in [-0.05, 0) is 248 Å². The molecule has 0 heterocycles. The largest absolute Gasteiger partial charge is 0.289 e. The molecule has 0 amide bonds. The smallest absolute Gasteiger partial charge is 0.184 e. The number of hydrogen-bond acceptors (Lipinski definition) is 4. The van der Waals surface area contributed by atoms with Gasteiger partial charge in [-0.3, -0.25) is 19.2 Å². The molecular formula is C50H40O4. The summed E-state index contributed by atoms with van der Waals surface area (Å²) in [5.41, 5.74) is 9.52. The number of fused-ring (bicyclic) bond motifs is 3.